The highest BCUT2D eigenvalue weighted by Crippen LogP contribution is 2.36. The van der Waals surface area contributed by atoms with Gasteiger partial charge in [-0.25, -0.2) is 4.39 Å². The van der Waals surface area contributed by atoms with Crippen molar-refractivity contribution in [2.45, 2.75) is 39.8 Å². The minimum Gasteiger partial charge on any atom is -0.383 e. The highest BCUT2D eigenvalue weighted by Gasteiger charge is 2.29. The lowest BCUT2D eigenvalue weighted by atomic mass is 9.91. The summed E-state index contributed by atoms with van der Waals surface area (Å²) in [7, 11) is 5.74. The van der Waals surface area contributed by atoms with Crippen LogP contribution in [0.3, 0.4) is 0 Å². The molecular weight excluding hydrogens is 423 g/mol. The largest absolute Gasteiger partial charge is 0.383 e. The van der Waals surface area contributed by atoms with Crippen LogP contribution in [0.25, 0.3) is 0 Å². The molecule has 174 valence electrons. The minimum atomic E-state index is -0.607. The maximum absolute atomic E-state index is 15.3. The molecule has 0 fully saturated rings. The third kappa shape index (κ3) is 7.41. The monoisotopic (exact) mass is 458 g/mol. The lowest BCUT2D eigenvalue weighted by Crippen LogP contribution is -2.33. The number of likely N-dealkylation sites (N-methyl/N-ethyl adjacent to an activating group) is 1. The number of rotatable bonds is 11. The van der Waals surface area contributed by atoms with E-state index < -0.39 is 11.9 Å². The van der Waals surface area contributed by atoms with E-state index in [1.165, 1.54) is 6.07 Å². The Kier molecular flexibility index (Phi) is 10.5. The summed E-state index contributed by atoms with van der Waals surface area (Å²) in [6.07, 6.45) is 7.38. The molecule has 6 heteroatoms. The van der Waals surface area contributed by atoms with Crippen molar-refractivity contribution in [3.05, 3.63) is 94.7 Å². The van der Waals surface area contributed by atoms with Gasteiger partial charge < -0.3 is 20.5 Å². The second-order valence-corrected chi connectivity index (χ2v) is 8.68. The number of allylic oxidation sites excluding steroid dienone is 4. The summed E-state index contributed by atoms with van der Waals surface area (Å²) in [5, 5.41) is 12.3. The van der Waals surface area contributed by atoms with E-state index in [2.05, 4.69) is 18.5 Å². The van der Waals surface area contributed by atoms with Gasteiger partial charge in [0.15, 0.2) is 0 Å². The van der Waals surface area contributed by atoms with Gasteiger partial charge in [0, 0.05) is 61.0 Å². The zero-order valence-electron chi connectivity index (χ0n) is 20.3. The Bertz CT molecular complexity index is 941. The molecule has 4 nitrogen and oxygen atoms in total. The van der Waals surface area contributed by atoms with Crippen LogP contribution in [-0.2, 0) is 0 Å². The lowest BCUT2D eigenvalue weighted by molar-refractivity contribution is 0.343. The molecule has 0 saturated carbocycles. The molecule has 0 heterocycles. The van der Waals surface area contributed by atoms with Gasteiger partial charge in [0.25, 0.3) is 0 Å². The number of nitrogens with one attached hydrogen (secondary N) is 2. The van der Waals surface area contributed by atoms with Gasteiger partial charge in [0.1, 0.15) is 5.82 Å². The zero-order valence-corrected chi connectivity index (χ0v) is 21.0. The third-order valence-corrected chi connectivity index (χ3v) is 4.99. The third-order valence-electron chi connectivity index (χ3n) is 4.76. The zero-order chi connectivity index (χ0) is 24.6. The molecule has 0 bridgehead atoms. The first-order valence-corrected chi connectivity index (χ1v) is 10.9. The SMILES string of the molecule is C=C/C(C)=C\C(=C/N(C)C)N(C)C(/C(C(C)=N)=C(\C=C)NC(C)C)c1ccc(Cl)cc1F. The first-order chi connectivity index (χ1) is 14.9. The van der Waals surface area contributed by atoms with E-state index in [0.29, 0.717) is 27.6 Å². The maximum Gasteiger partial charge on any atom is 0.130 e. The summed E-state index contributed by atoms with van der Waals surface area (Å²) in [4.78, 5) is 3.88. The Morgan fingerprint density at radius 2 is 1.78 bits per heavy atom. The first kappa shape index (κ1) is 27.2. The van der Waals surface area contributed by atoms with Crippen LogP contribution >= 0.6 is 11.6 Å². The quantitative estimate of drug-likeness (QED) is 0.295. The molecule has 0 aromatic heterocycles. The summed E-state index contributed by atoms with van der Waals surface area (Å²) in [5.74, 6) is -0.435. The highest BCUT2D eigenvalue weighted by atomic mass is 35.5. The standard InChI is InChI=1S/C26H36ClFN4/c1-10-18(5)14-21(16-31(7)8)32(9)26(22-13-12-20(27)15-23(22)28)25(19(6)29)24(11-2)30-17(3)4/h10-17,26,29-30H,1-2H2,3-9H3/b18-14-,21-16+,25-24+,29-19?. The molecule has 0 aliphatic rings. The van der Waals surface area contributed by atoms with Crippen LogP contribution < -0.4 is 5.32 Å². The van der Waals surface area contributed by atoms with Gasteiger partial charge >= 0.3 is 0 Å². The van der Waals surface area contributed by atoms with Crippen molar-refractivity contribution in [3.63, 3.8) is 0 Å². The number of nitrogens with zero attached hydrogens (tertiary/aromatic N) is 2. The Morgan fingerprint density at radius 3 is 2.22 bits per heavy atom. The minimum absolute atomic E-state index is 0.109. The van der Waals surface area contributed by atoms with Crippen LogP contribution in [0.5, 0.6) is 0 Å². The number of benzene rings is 1. The molecule has 1 rings (SSSR count). The van der Waals surface area contributed by atoms with Crippen LogP contribution in [0.1, 0.15) is 39.3 Å². The topological polar surface area (TPSA) is 42.4 Å². The molecule has 32 heavy (non-hydrogen) atoms. The number of hydrogen-bond donors (Lipinski definition) is 2. The molecule has 0 radical (unpaired) electrons. The van der Waals surface area contributed by atoms with Crippen molar-refractivity contribution in [1.29, 1.82) is 5.41 Å². The van der Waals surface area contributed by atoms with E-state index in [1.54, 1.807) is 31.2 Å². The molecule has 0 aliphatic heterocycles. The van der Waals surface area contributed by atoms with Crippen molar-refractivity contribution in [1.82, 2.24) is 15.1 Å². The van der Waals surface area contributed by atoms with Crippen molar-refractivity contribution in [2.24, 2.45) is 0 Å². The average Bonchev–Trinajstić information content (AvgIpc) is 2.69. The van der Waals surface area contributed by atoms with Crippen LogP contribution in [0.4, 0.5) is 4.39 Å². The van der Waals surface area contributed by atoms with E-state index in [9.17, 15) is 0 Å². The average molecular weight is 459 g/mol. The number of halogens is 2. The van der Waals surface area contributed by atoms with Crippen LogP contribution in [0.2, 0.25) is 5.02 Å². The molecule has 1 atom stereocenters. The fourth-order valence-corrected chi connectivity index (χ4v) is 3.49. The maximum atomic E-state index is 15.3. The molecular formula is C26H36ClFN4. The predicted octanol–water partition coefficient (Wildman–Crippen LogP) is 6.47. The van der Waals surface area contributed by atoms with Crippen molar-refractivity contribution in [2.75, 3.05) is 21.1 Å². The van der Waals surface area contributed by atoms with E-state index in [0.717, 1.165) is 11.3 Å². The van der Waals surface area contributed by atoms with E-state index in [-0.39, 0.29) is 6.04 Å². The molecule has 0 amide bonds. The molecule has 0 saturated heterocycles. The Morgan fingerprint density at radius 1 is 1.16 bits per heavy atom. The smallest absolute Gasteiger partial charge is 0.130 e. The van der Waals surface area contributed by atoms with Crippen molar-refractivity contribution >= 4 is 17.3 Å². The summed E-state index contributed by atoms with van der Waals surface area (Å²) in [6.45, 7) is 15.5. The van der Waals surface area contributed by atoms with E-state index in [1.807, 2.05) is 64.0 Å². The van der Waals surface area contributed by atoms with Gasteiger partial charge in [-0.2, -0.15) is 0 Å². The van der Waals surface area contributed by atoms with Crippen LogP contribution in [0.15, 0.2) is 78.3 Å². The second-order valence-electron chi connectivity index (χ2n) is 8.24. The molecule has 1 aromatic carbocycles. The molecule has 0 spiro atoms. The summed E-state index contributed by atoms with van der Waals surface area (Å²) < 4.78 is 15.3. The van der Waals surface area contributed by atoms with Gasteiger partial charge in [-0.1, -0.05) is 36.9 Å². The summed E-state index contributed by atoms with van der Waals surface area (Å²) in [5.41, 5.74) is 3.84. The van der Waals surface area contributed by atoms with Gasteiger partial charge in [-0.15, -0.1) is 0 Å². The van der Waals surface area contributed by atoms with E-state index >= 15 is 4.39 Å². The van der Waals surface area contributed by atoms with Crippen molar-refractivity contribution in [3.8, 4) is 0 Å². The van der Waals surface area contributed by atoms with Gasteiger partial charge in [0.05, 0.1) is 11.7 Å². The predicted molar refractivity (Wildman–Crippen MR) is 137 cm³/mol. The van der Waals surface area contributed by atoms with Crippen molar-refractivity contribution < 1.29 is 4.39 Å². The normalized spacial score (nSPS) is 13.9. The van der Waals surface area contributed by atoms with Gasteiger partial charge in [-0.3, -0.25) is 0 Å². The Labute approximate surface area is 198 Å². The van der Waals surface area contributed by atoms with Crippen LogP contribution in [-0.4, -0.2) is 42.7 Å². The Hall–Kier alpha value is -2.79. The lowest BCUT2D eigenvalue weighted by Gasteiger charge is -2.35. The fraction of sp³-hybridized carbons (Fsp3) is 0.346. The fourth-order valence-electron chi connectivity index (χ4n) is 3.33. The second kappa shape index (κ2) is 12.3. The first-order valence-electron chi connectivity index (χ1n) is 10.5. The molecule has 2 N–H and O–H groups in total. The highest BCUT2D eigenvalue weighted by molar-refractivity contribution is 6.30. The van der Waals surface area contributed by atoms with Gasteiger partial charge in [-0.05, 0) is 57.6 Å². The van der Waals surface area contributed by atoms with Crippen LogP contribution in [0, 0.1) is 11.2 Å². The van der Waals surface area contributed by atoms with E-state index in [4.69, 9.17) is 17.0 Å². The van der Waals surface area contributed by atoms with Gasteiger partial charge in [0.2, 0.25) is 0 Å². The molecule has 1 aromatic rings. The Balaban J connectivity index is 3.97. The molecule has 1 unspecified atom stereocenters. The number of hydrogen-bond acceptors (Lipinski definition) is 4. The summed E-state index contributed by atoms with van der Waals surface area (Å²) in [6, 6.07) is 4.15. The molecule has 0 aliphatic carbocycles. The summed E-state index contributed by atoms with van der Waals surface area (Å²) >= 11 is 6.05.